The predicted molar refractivity (Wildman–Crippen MR) is 138 cm³/mol. The molecule has 0 saturated carbocycles. The molecule has 0 aliphatic carbocycles. The van der Waals surface area contributed by atoms with Gasteiger partial charge in [0, 0.05) is 0 Å². The summed E-state index contributed by atoms with van der Waals surface area (Å²) in [7, 11) is 0. The van der Waals surface area contributed by atoms with Gasteiger partial charge in [0.2, 0.25) is 0 Å². The molecule has 4 rings (SSSR count). The first kappa shape index (κ1) is 23.7. The zero-order chi connectivity index (χ0) is 24.1. The van der Waals surface area contributed by atoms with Crippen LogP contribution < -0.4 is 10.1 Å². The Bertz CT molecular complexity index is 1430. The fourth-order valence-electron chi connectivity index (χ4n) is 3.35. The van der Waals surface area contributed by atoms with Crippen LogP contribution in [0.3, 0.4) is 0 Å². The van der Waals surface area contributed by atoms with Crippen molar-refractivity contribution in [3.8, 4) is 11.8 Å². The summed E-state index contributed by atoms with van der Waals surface area (Å²) in [6.07, 6.45) is 1.40. The van der Waals surface area contributed by atoms with Gasteiger partial charge in [0.05, 0.1) is 20.8 Å². The van der Waals surface area contributed by atoms with Crippen molar-refractivity contribution in [1.29, 1.82) is 5.26 Å². The SMILES string of the molecule is N#C/C(=C\c1cc(Cl)c(OCc2ccc3ccccc3c2)c(Cl)c1)C(=O)Nc1ccccc1Cl. The number of amides is 1. The van der Waals surface area contributed by atoms with Gasteiger partial charge in [-0.2, -0.15) is 5.26 Å². The average Bonchev–Trinajstić information content (AvgIpc) is 2.83. The van der Waals surface area contributed by atoms with Crippen LogP contribution in [0.25, 0.3) is 16.8 Å². The molecule has 1 amide bonds. The van der Waals surface area contributed by atoms with Gasteiger partial charge in [-0.1, -0.05) is 83.3 Å². The monoisotopic (exact) mass is 506 g/mol. The van der Waals surface area contributed by atoms with Crippen molar-refractivity contribution in [3.05, 3.63) is 111 Å². The fraction of sp³-hybridized carbons (Fsp3) is 0.0370. The van der Waals surface area contributed by atoms with Crippen LogP contribution in [-0.4, -0.2) is 5.91 Å². The Labute approximate surface area is 211 Å². The Morgan fingerprint density at radius 1 is 0.882 bits per heavy atom. The van der Waals surface area contributed by atoms with Gasteiger partial charge in [-0.05, 0) is 58.3 Å². The molecule has 34 heavy (non-hydrogen) atoms. The molecule has 0 fully saturated rings. The number of nitrogens with zero attached hydrogens (tertiary/aromatic N) is 1. The number of para-hydroxylation sites is 1. The summed E-state index contributed by atoms with van der Waals surface area (Å²) in [6.45, 7) is 0.281. The minimum atomic E-state index is -0.598. The molecule has 0 saturated heterocycles. The third-order valence-corrected chi connectivity index (χ3v) is 5.91. The van der Waals surface area contributed by atoms with Crippen molar-refractivity contribution in [1.82, 2.24) is 0 Å². The molecule has 4 nitrogen and oxygen atoms in total. The van der Waals surface area contributed by atoms with E-state index in [0.717, 1.165) is 16.3 Å². The van der Waals surface area contributed by atoms with E-state index in [1.807, 2.05) is 48.5 Å². The van der Waals surface area contributed by atoms with Crippen LogP contribution in [0.2, 0.25) is 15.1 Å². The zero-order valence-electron chi connectivity index (χ0n) is 17.7. The zero-order valence-corrected chi connectivity index (χ0v) is 20.0. The molecule has 4 aromatic carbocycles. The quantitative estimate of drug-likeness (QED) is 0.213. The summed E-state index contributed by atoms with van der Waals surface area (Å²) in [5.41, 5.74) is 1.73. The number of fused-ring (bicyclic) bond motifs is 1. The molecule has 1 N–H and O–H groups in total. The van der Waals surface area contributed by atoms with Gasteiger partial charge in [-0.3, -0.25) is 4.79 Å². The van der Waals surface area contributed by atoms with E-state index in [1.165, 1.54) is 6.08 Å². The van der Waals surface area contributed by atoms with E-state index < -0.39 is 5.91 Å². The number of hydrogen-bond acceptors (Lipinski definition) is 3. The van der Waals surface area contributed by atoms with Crippen LogP contribution in [0, 0.1) is 11.3 Å². The smallest absolute Gasteiger partial charge is 0.266 e. The molecule has 0 aromatic heterocycles. The lowest BCUT2D eigenvalue weighted by molar-refractivity contribution is -0.112. The normalized spacial score (nSPS) is 11.2. The highest BCUT2D eigenvalue weighted by Crippen LogP contribution is 2.35. The standard InChI is InChI=1S/C27H17Cl3N2O2/c28-22-7-3-4-8-25(22)32-27(33)21(15-31)12-18-13-23(29)26(24(30)14-18)34-16-17-9-10-19-5-1-2-6-20(19)11-17/h1-14H,16H2,(H,32,33)/b21-12+. The molecule has 168 valence electrons. The number of carbonyl (C=O) groups excluding carboxylic acids is 1. The minimum Gasteiger partial charge on any atom is -0.486 e. The lowest BCUT2D eigenvalue weighted by atomic mass is 10.1. The maximum atomic E-state index is 12.5. The average molecular weight is 508 g/mol. The summed E-state index contributed by atoms with van der Waals surface area (Å²) in [4.78, 5) is 12.5. The fourth-order valence-corrected chi connectivity index (χ4v) is 4.15. The summed E-state index contributed by atoms with van der Waals surface area (Å²) in [6, 6.07) is 25.9. The Balaban J connectivity index is 1.51. The van der Waals surface area contributed by atoms with E-state index in [-0.39, 0.29) is 22.2 Å². The molecule has 7 heteroatoms. The second kappa shape index (κ2) is 10.6. The number of ether oxygens (including phenoxy) is 1. The van der Waals surface area contributed by atoms with Crippen LogP contribution in [0.1, 0.15) is 11.1 Å². The van der Waals surface area contributed by atoms with Crippen LogP contribution >= 0.6 is 34.8 Å². The molecule has 0 radical (unpaired) electrons. The lowest BCUT2D eigenvalue weighted by Crippen LogP contribution is -2.13. The maximum Gasteiger partial charge on any atom is 0.266 e. The Morgan fingerprint density at radius 2 is 1.56 bits per heavy atom. The third kappa shape index (κ3) is 5.52. The van der Waals surface area contributed by atoms with Gasteiger partial charge in [-0.25, -0.2) is 0 Å². The second-order valence-corrected chi connectivity index (χ2v) is 8.61. The van der Waals surface area contributed by atoms with Crippen molar-refractivity contribution < 1.29 is 9.53 Å². The Morgan fingerprint density at radius 3 is 2.26 bits per heavy atom. The topological polar surface area (TPSA) is 62.1 Å². The van der Waals surface area contributed by atoms with E-state index in [2.05, 4.69) is 5.32 Å². The number of nitriles is 1. The van der Waals surface area contributed by atoms with E-state index in [1.54, 1.807) is 36.4 Å². The molecule has 0 aliphatic rings. The van der Waals surface area contributed by atoms with E-state index in [0.29, 0.717) is 22.0 Å². The summed E-state index contributed by atoms with van der Waals surface area (Å²) < 4.78 is 5.88. The first-order chi connectivity index (χ1) is 16.4. The van der Waals surface area contributed by atoms with Gasteiger partial charge in [0.15, 0.2) is 5.75 Å². The van der Waals surface area contributed by atoms with Gasteiger partial charge < -0.3 is 10.1 Å². The number of nitrogens with one attached hydrogen (secondary N) is 1. The van der Waals surface area contributed by atoms with Crippen molar-refractivity contribution in [2.75, 3.05) is 5.32 Å². The summed E-state index contributed by atoms with van der Waals surface area (Å²) >= 11 is 18.9. The number of halogens is 3. The van der Waals surface area contributed by atoms with E-state index >= 15 is 0 Å². The molecular formula is C27H17Cl3N2O2. The number of anilines is 1. The minimum absolute atomic E-state index is 0.128. The lowest BCUT2D eigenvalue weighted by Gasteiger charge is -2.12. The second-order valence-electron chi connectivity index (χ2n) is 7.39. The number of rotatable bonds is 6. The highest BCUT2D eigenvalue weighted by molar-refractivity contribution is 6.37. The molecule has 0 aliphatic heterocycles. The van der Waals surface area contributed by atoms with Gasteiger partial charge in [0.25, 0.3) is 5.91 Å². The maximum absolute atomic E-state index is 12.5. The highest BCUT2D eigenvalue weighted by atomic mass is 35.5. The van der Waals surface area contributed by atoms with E-state index in [4.69, 9.17) is 39.5 Å². The number of hydrogen-bond donors (Lipinski definition) is 1. The molecular weight excluding hydrogens is 491 g/mol. The molecule has 0 spiro atoms. The first-order valence-electron chi connectivity index (χ1n) is 10.2. The van der Waals surface area contributed by atoms with Crippen molar-refractivity contribution in [2.45, 2.75) is 6.61 Å². The van der Waals surface area contributed by atoms with Crippen LogP contribution in [-0.2, 0) is 11.4 Å². The summed E-state index contributed by atoms with van der Waals surface area (Å²) in [5, 5.41) is 15.3. The predicted octanol–water partition coefficient (Wildman–Crippen LogP) is 7.92. The van der Waals surface area contributed by atoms with Gasteiger partial charge >= 0.3 is 0 Å². The molecule has 0 bridgehead atoms. The van der Waals surface area contributed by atoms with Crippen LogP contribution in [0.15, 0.2) is 84.4 Å². The molecule has 0 unspecified atom stereocenters. The highest BCUT2D eigenvalue weighted by Gasteiger charge is 2.14. The number of benzene rings is 4. The van der Waals surface area contributed by atoms with E-state index in [9.17, 15) is 10.1 Å². The summed E-state index contributed by atoms with van der Waals surface area (Å²) in [5.74, 6) is -0.271. The molecule has 4 aromatic rings. The number of carbonyl (C=O) groups is 1. The first-order valence-corrected chi connectivity index (χ1v) is 11.3. The van der Waals surface area contributed by atoms with Crippen LogP contribution in [0.4, 0.5) is 5.69 Å². The Kier molecular flexibility index (Phi) is 7.40. The molecule has 0 heterocycles. The largest absolute Gasteiger partial charge is 0.486 e. The molecule has 0 atom stereocenters. The van der Waals surface area contributed by atoms with Crippen LogP contribution in [0.5, 0.6) is 5.75 Å². The van der Waals surface area contributed by atoms with Gasteiger partial charge in [-0.15, -0.1) is 0 Å². The third-order valence-electron chi connectivity index (χ3n) is 5.02. The Hall–Kier alpha value is -3.49. The van der Waals surface area contributed by atoms with Crippen molar-refractivity contribution in [2.24, 2.45) is 0 Å². The van der Waals surface area contributed by atoms with Crippen molar-refractivity contribution >= 4 is 63.2 Å². The van der Waals surface area contributed by atoms with Crippen molar-refractivity contribution in [3.63, 3.8) is 0 Å². The van der Waals surface area contributed by atoms with Gasteiger partial charge in [0.1, 0.15) is 18.2 Å².